The van der Waals surface area contributed by atoms with Crippen LogP contribution in [0.4, 0.5) is 0 Å². The van der Waals surface area contributed by atoms with E-state index in [2.05, 4.69) is 10.6 Å². The molecule has 0 radical (unpaired) electrons. The number of amides is 1. The number of nitrogens with one attached hydrogen (secondary N) is 2. The first-order valence-electron chi connectivity index (χ1n) is 6.42. The average Bonchev–Trinajstić information content (AvgIpc) is 2.81. The fourth-order valence-electron chi connectivity index (χ4n) is 2.10. The van der Waals surface area contributed by atoms with Crippen LogP contribution in [0.2, 0.25) is 0 Å². The molecule has 0 saturated carbocycles. The molecule has 102 valence electrons. The van der Waals surface area contributed by atoms with Gasteiger partial charge in [-0.1, -0.05) is 18.2 Å². The van der Waals surface area contributed by atoms with E-state index < -0.39 is 5.41 Å². The highest BCUT2D eigenvalue weighted by molar-refractivity contribution is 5.82. The van der Waals surface area contributed by atoms with Crippen molar-refractivity contribution in [3.8, 4) is 0 Å². The summed E-state index contributed by atoms with van der Waals surface area (Å²) in [4.78, 5) is 11.7. The van der Waals surface area contributed by atoms with Crippen LogP contribution in [0, 0.1) is 5.41 Å². The Balaban J connectivity index is 1.98. The number of rotatable bonds is 5. The highest BCUT2D eigenvalue weighted by Crippen LogP contribution is 2.21. The van der Waals surface area contributed by atoms with Crippen molar-refractivity contribution in [2.24, 2.45) is 5.41 Å². The second kappa shape index (κ2) is 5.45. The Kier molecular flexibility index (Phi) is 3.90. The molecule has 2 aromatic rings. The maximum atomic E-state index is 11.7. The molecule has 1 aromatic heterocycles. The van der Waals surface area contributed by atoms with E-state index in [4.69, 9.17) is 4.42 Å². The van der Waals surface area contributed by atoms with Crippen molar-refractivity contribution in [2.75, 3.05) is 13.6 Å². The van der Waals surface area contributed by atoms with Gasteiger partial charge in [-0.3, -0.25) is 4.79 Å². The van der Waals surface area contributed by atoms with Crippen molar-refractivity contribution in [1.82, 2.24) is 10.6 Å². The number of para-hydroxylation sites is 1. The van der Waals surface area contributed by atoms with Gasteiger partial charge in [-0.05, 0) is 19.9 Å². The van der Waals surface area contributed by atoms with Crippen LogP contribution in [-0.4, -0.2) is 19.5 Å². The molecule has 2 N–H and O–H groups in total. The lowest BCUT2D eigenvalue weighted by atomic mass is 9.92. The predicted octanol–water partition coefficient (Wildman–Crippen LogP) is 2.29. The third kappa shape index (κ3) is 2.96. The molecule has 19 heavy (non-hydrogen) atoms. The van der Waals surface area contributed by atoms with Gasteiger partial charge in [0.2, 0.25) is 5.91 Å². The molecule has 1 amide bonds. The summed E-state index contributed by atoms with van der Waals surface area (Å²) in [5.41, 5.74) is 1.59. The van der Waals surface area contributed by atoms with Gasteiger partial charge in [-0.2, -0.15) is 0 Å². The Hall–Kier alpha value is -1.81. The minimum Gasteiger partial charge on any atom is -0.464 e. The number of fused-ring (bicyclic) bond motifs is 1. The topological polar surface area (TPSA) is 54.3 Å². The van der Waals surface area contributed by atoms with Crippen LogP contribution >= 0.6 is 0 Å². The maximum Gasteiger partial charge on any atom is 0.226 e. The standard InChI is InChI=1S/C15H20N2O2/c1-15(2,14(18)16-3)10-17-8-11-9-19-13-7-5-4-6-12(11)13/h4-7,9,17H,8,10H2,1-3H3,(H,16,18). The second-order valence-electron chi connectivity index (χ2n) is 5.32. The summed E-state index contributed by atoms with van der Waals surface area (Å²) >= 11 is 0. The summed E-state index contributed by atoms with van der Waals surface area (Å²) in [6, 6.07) is 7.95. The van der Waals surface area contributed by atoms with Crippen LogP contribution in [0.3, 0.4) is 0 Å². The quantitative estimate of drug-likeness (QED) is 0.867. The van der Waals surface area contributed by atoms with Gasteiger partial charge in [0.25, 0.3) is 0 Å². The molecule has 4 nitrogen and oxygen atoms in total. The minimum atomic E-state index is -0.422. The smallest absolute Gasteiger partial charge is 0.226 e. The second-order valence-corrected chi connectivity index (χ2v) is 5.32. The zero-order valence-corrected chi connectivity index (χ0v) is 11.6. The SMILES string of the molecule is CNC(=O)C(C)(C)CNCc1coc2ccccc12. The molecule has 0 spiro atoms. The van der Waals surface area contributed by atoms with Gasteiger partial charge >= 0.3 is 0 Å². The Morgan fingerprint density at radius 3 is 2.79 bits per heavy atom. The molecule has 1 heterocycles. The van der Waals surface area contributed by atoms with Crippen LogP contribution in [-0.2, 0) is 11.3 Å². The summed E-state index contributed by atoms with van der Waals surface area (Å²) in [6.07, 6.45) is 1.77. The summed E-state index contributed by atoms with van der Waals surface area (Å²) < 4.78 is 5.48. The van der Waals surface area contributed by atoms with E-state index in [-0.39, 0.29) is 5.91 Å². The number of benzene rings is 1. The normalized spacial score (nSPS) is 11.7. The van der Waals surface area contributed by atoms with E-state index in [1.54, 1.807) is 13.3 Å². The average molecular weight is 260 g/mol. The molecule has 0 aliphatic rings. The first-order chi connectivity index (χ1) is 9.04. The Morgan fingerprint density at radius 1 is 1.32 bits per heavy atom. The molecular weight excluding hydrogens is 240 g/mol. The summed E-state index contributed by atoms with van der Waals surface area (Å²) in [5, 5.41) is 7.11. The number of hydrogen-bond donors (Lipinski definition) is 2. The van der Waals surface area contributed by atoms with Crippen molar-refractivity contribution in [3.63, 3.8) is 0 Å². The van der Waals surface area contributed by atoms with Crippen LogP contribution in [0.15, 0.2) is 34.9 Å². The van der Waals surface area contributed by atoms with E-state index in [0.717, 1.165) is 16.5 Å². The zero-order valence-electron chi connectivity index (χ0n) is 11.6. The third-order valence-corrected chi connectivity index (χ3v) is 3.29. The highest BCUT2D eigenvalue weighted by atomic mass is 16.3. The summed E-state index contributed by atoms with van der Waals surface area (Å²) in [5.74, 6) is 0.0389. The Morgan fingerprint density at radius 2 is 2.05 bits per heavy atom. The lowest BCUT2D eigenvalue weighted by Crippen LogP contribution is -2.41. The van der Waals surface area contributed by atoms with Crippen LogP contribution in [0.5, 0.6) is 0 Å². The predicted molar refractivity (Wildman–Crippen MR) is 75.8 cm³/mol. The van der Waals surface area contributed by atoms with Gasteiger partial charge in [0.1, 0.15) is 5.58 Å². The van der Waals surface area contributed by atoms with Crippen LogP contribution in [0.1, 0.15) is 19.4 Å². The van der Waals surface area contributed by atoms with E-state index in [1.807, 2.05) is 38.1 Å². The molecule has 4 heteroatoms. The molecule has 2 rings (SSSR count). The number of hydrogen-bond acceptors (Lipinski definition) is 3. The van der Waals surface area contributed by atoms with Gasteiger partial charge in [0.05, 0.1) is 11.7 Å². The van der Waals surface area contributed by atoms with E-state index >= 15 is 0 Å². The zero-order chi connectivity index (χ0) is 13.9. The lowest BCUT2D eigenvalue weighted by molar-refractivity contribution is -0.128. The van der Waals surface area contributed by atoms with Gasteiger partial charge in [-0.15, -0.1) is 0 Å². The third-order valence-electron chi connectivity index (χ3n) is 3.29. The maximum absolute atomic E-state index is 11.7. The van der Waals surface area contributed by atoms with Gasteiger partial charge in [0, 0.05) is 31.1 Å². The summed E-state index contributed by atoms with van der Waals surface area (Å²) in [6.45, 7) is 5.15. The van der Waals surface area contributed by atoms with Crippen LogP contribution in [0.25, 0.3) is 11.0 Å². The molecule has 0 bridgehead atoms. The number of carbonyl (C=O) groups is 1. The Labute approximate surface area is 113 Å². The van der Waals surface area contributed by atoms with Crippen molar-refractivity contribution < 1.29 is 9.21 Å². The fourth-order valence-corrected chi connectivity index (χ4v) is 2.10. The molecule has 0 fully saturated rings. The molecule has 1 aromatic carbocycles. The molecule has 0 aliphatic carbocycles. The first kappa shape index (κ1) is 13.6. The van der Waals surface area contributed by atoms with Gasteiger partial charge < -0.3 is 15.1 Å². The minimum absolute atomic E-state index is 0.0389. The monoisotopic (exact) mass is 260 g/mol. The van der Waals surface area contributed by atoms with E-state index in [0.29, 0.717) is 13.1 Å². The van der Waals surface area contributed by atoms with Gasteiger partial charge in [0.15, 0.2) is 0 Å². The van der Waals surface area contributed by atoms with E-state index in [9.17, 15) is 4.79 Å². The fraction of sp³-hybridized carbons (Fsp3) is 0.400. The van der Waals surface area contributed by atoms with Crippen molar-refractivity contribution in [1.29, 1.82) is 0 Å². The Bertz CT molecular complexity index is 572. The summed E-state index contributed by atoms with van der Waals surface area (Å²) in [7, 11) is 1.66. The largest absolute Gasteiger partial charge is 0.464 e. The molecule has 0 atom stereocenters. The molecule has 0 aliphatic heterocycles. The van der Waals surface area contributed by atoms with Crippen molar-refractivity contribution in [2.45, 2.75) is 20.4 Å². The molecular formula is C15H20N2O2. The molecule has 0 saturated heterocycles. The number of carbonyl (C=O) groups excluding carboxylic acids is 1. The van der Waals surface area contributed by atoms with Crippen molar-refractivity contribution in [3.05, 3.63) is 36.1 Å². The van der Waals surface area contributed by atoms with Gasteiger partial charge in [-0.25, -0.2) is 0 Å². The lowest BCUT2D eigenvalue weighted by Gasteiger charge is -2.22. The first-order valence-corrected chi connectivity index (χ1v) is 6.42. The van der Waals surface area contributed by atoms with E-state index in [1.165, 1.54) is 0 Å². The highest BCUT2D eigenvalue weighted by Gasteiger charge is 2.25. The molecule has 0 unspecified atom stereocenters. The van der Waals surface area contributed by atoms with Crippen molar-refractivity contribution >= 4 is 16.9 Å². The number of furan rings is 1. The van der Waals surface area contributed by atoms with Crippen LogP contribution < -0.4 is 10.6 Å².